The van der Waals surface area contributed by atoms with Gasteiger partial charge in [-0.05, 0) is 68.1 Å². The zero-order valence-electron chi connectivity index (χ0n) is 18.5. The topological polar surface area (TPSA) is 72.5 Å². The highest BCUT2D eigenvalue weighted by molar-refractivity contribution is 5.87. The van der Waals surface area contributed by atoms with Crippen molar-refractivity contribution in [2.24, 2.45) is 0 Å². The number of aromatic nitrogens is 1. The lowest BCUT2D eigenvalue weighted by Gasteiger charge is -2.15. The Morgan fingerprint density at radius 3 is 2.32 bits per heavy atom. The molecule has 3 rings (SSSR count). The van der Waals surface area contributed by atoms with E-state index in [0.717, 1.165) is 40.2 Å². The number of hydrogen-bond acceptors (Lipinski definition) is 5. The molecule has 2 aromatic carbocycles. The molecule has 6 heteroatoms. The van der Waals surface area contributed by atoms with Gasteiger partial charge < -0.3 is 14.8 Å². The number of pyridine rings is 1. The van der Waals surface area contributed by atoms with Gasteiger partial charge in [-0.2, -0.15) is 0 Å². The van der Waals surface area contributed by atoms with Crippen LogP contribution in [0.5, 0.6) is 11.6 Å². The molecule has 0 bridgehead atoms. The smallest absolute Gasteiger partial charge is 0.411 e. The number of aryl methyl sites for hydroxylation is 3. The molecule has 2 N–H and O–H groups in total. The normalized spacial score (nSPS) is 10.5. The Balaban J connectivity index is 1.58. The Kier molecular flexibility index (Phi) is 7.49. The lowest BCUT2D eigenvalue weighted by Crippen LogP contribution is -2.16. The molecule has 0 aliphatic heterocycles. The average molecular weight is 420 g/mol. The number of rotatable bonds is 8. The summed E-state index contributed by atoms with van der Waals surface area (Å²) in [4.78, 5) is 16.3. The van der Waals surface area contributed by atoms with Gasteiger partial charge in [0.1, 0.15) is 5.75 Å². The molecule has 0 saturated carbocycles. The molecule has 162 valence electrons. The number of nitrogens with zero attached hydrogens (tertiary/aromatic N) is 1. The number of hydrogen-bond donors (Lipinski definition) is 2. The molecule has 0 saturated heterocycles. The van der Waals surface area contributed by atoms with E-state index in [4.69, 9.17) is 9.47 Å². The minimum atomic E-state index is -0.423. The molecule has 0 spiro atoms. The van der Waals surface area contributed by atoms with Crippen LogP contribution in [0.3, 0.4) is 0 Å². The molecule has 0 fully saturated rings. The molecule has 0 radical (unpaired) electrons. The molecule has 6 nitrogen and oxygen atoms in total. The van der Waals surface area contributed by atoms with Gasteiger partial charge in [-0.1, -0.05) is 30.7 Å². The fourth-order valence-electron chi connectivity index (χ4n) is 3.10. The van der Waals surface area contributed by atoms with Crippen LogP contribution in [0.4, 0.5) is 16.2 Å². The first-order chi connectivity index (χ1) is 14.9. The van der Waals surface area contributed by atoms with Crippen molar-refractivity contribution in [2.45, 2.75) is 40.7 Å². The maximum absolute atomic E-state index is 11.9. The molecule has 1 heterocycles. The second-order valence-corrected chi connectivity index (χ2v) is 7.52. The predicted molar refractivity (Wildman–Crippen MR) is 124 cm³/mol. The van der Waals surface area contributed by atoms with Crippen molar-refractivity contribution < 1.29 is 14.3 Å². The van der Waals surface area contributed by atoms with Gasteiger partial charge in [-0.25, -0.2) is 9.78 Å². The van der Waals surface area contributed by atoms with Gasteiger partial charge in [0.15, 0.2) is 0 Å². The zero-order chi connectivity index (χ0) is 22.2. The van der Waals surface area contributed by atoms with Crippen LogP contribution in [0, 0.1) is 20.8 Å². The van der Waals surface area contributed by atoms with Crippen LogP contribution >= 0.6 is 0 Å². The van der Waals surface area contributed by atoms with Gasteiger partial charge in [0, 0.05) is 30.2 Å². The lowest BCUT2D eigenvalue weighted by molar-refractivity contribution is 0.161. The van der Waals surface area contributed by atoms with E-state index in [1.54, 1.807) is 6.20 Å². The van der Waals surface area contributed by atoms with Crippen molar-refractivity contribution in [3.63, 3.8) is 0 Å². The number of benzene rings is 2. The van der Waals surface area contributed by atoms with Crippen molar-refractivity contribution in [2.75, 3.05) is 17.2 Å². The minimum Gasteiger partial charge on any atom is -0.449 e. The number of nitrogens with one attached hydrogen (secondary N) is 2. The summed E-state index contributed by atoms with van der Waals surface area (Å²) in [6.45, 7) is 8.97. The Labute approximate surface area is 183 Å². The molecular weight excluding hydrogens is 390 g/mol. The number of anilines is 2. The summed E-state index contributed by atoms with van der Waals surface area (Å²) in [5, 5.41) is 6.24. The average Bonchev–Trinajstić information content (AvgIpc) is 2.76. The lowest BCUT2D eigenvalue weighted by atomic mass is 10.1. The Bertz CT molecular complexity index is 992. The first-order valence-corrected chi connectivity index (χ1v) is 10.4. The molecule has 0 aliphatic carbocycles. The van der Waals surface area contributed by atoms with Gasteiger partial charge in [0.25, 0.3) is 0 Å². The number of carbonyl (C=O) groups is 1. The molecule has 3 aromatic rings. The van der Waals surface area contributed by atoms with E-state index >= 15 is 0 Å². The summed E-state index contributed by atoms with van der Waals surface area (Å²) < 4.78 is 10.9. The molecule has 1 aromatic heterocycles. The summed E-state index contributed by atoms with van der Waals surface area (Å²) in [7, 11) is 0. The molecule has 0 unspecified atom stereocenters. The van der Waals surface area contributed by atoms with Gasteiger partial charge in [0.05, 0.1) is 6.61 Å². The number of carbonyl (C=O) groups excluding carboxylic acids is 1. The van der Waals surface area contributed by atoms with E-state index in [0.29, 0.717) is 19.0 Å². The van der Waals surface area contributed by atoms with Crippen LogP contribution in [-0.2, 0) is 11.3 Å². The first kappa shape index (κ1) is 22.2. The fraction of sp³-hybridized carbons (Fsp3) is 0.280. The van der Waals surface area contributed by atoms with Gasteiger partial charge in [0.2, 0.25) is 5.88 Å². The van der Waals surface area contributed by atoms with Crippen molar-refractivity contribution in [1.29, 1.82) is 0 Å². The molecular formula is C25H29N3O3. The van der Waals surface area contributed by atoms with Crippen molar-refractivity contribution in [1.82, 2.24) is 4.98 Å². The van der Waals surface area contributed by atoms with Gasteiger partial charge in [-0.15, -0.1) is 0 Å². The third-order valence-corrected chi connectivity index (χ3v) is 4.73. The van der Waals surface area contributed by atoms with Crippen LogP contribution in [0.15, 0.2) is 54.7 Å². The molecule has 31 heavy (non-hydrogen) atoms. The quantitative estimate of drug-likeness (QED) is 0.444. The van der Waals surface area contributed by atoms with E-state index in [9.17, 15) is 4.79 Å². The first-order valence-electron chi connectivity index (χ1n) is 10.4. The van der Waals surface area contributed by atoms with Gasteiger partial charge in [-0.3, -0.25) is 5.32 Å². The van der Waals surface area contributed by atoms with E-state index < -0.39 is 6.09 Å². The van der Waals surface area contributed by atoms with Crippen molar-refractivity contribution >= 4 is 17.5 Å². The second-order valence-electron chi connectivity index (χ2n) is 7.52. The highest BCUT2D eigenvalue weighted by Crippen LogP contribution is 2.26. The monoisotopic (exact) mass is 419 g/mol. The van der Waals surface area contributed by atoms with Crippen LogP contribution in [-0.4, -0.2) is 17.7 Å². The summed E-state index contributed by atoms with van der Waals surface area (Å²) in [5.41, 5.74) is 5.92. The summed E-state index contributed by atoms with van der Waals surface area (Å²) in [6.07, 6.45) is 2.17. The molecule has 0 atom stereocenters. The maximum Gasteiger partial charge on any atom is 0.411 e. The highest BCUT2D eigenvalue weighted by Gasteiger charge is 2.10. The van der Waals surface area contributed by atoms with Gasteiger partial charge >= 0.3 is 6.09 Å². The van der Waals surface area contributed by atoms with Crippen molar-refractivity contribution in [3.05, 3.63) is 77.0 Å². The largest absolute Gasteiger partial charge is 0.449 e. The Morgan fingerprint density at radius 1 is 1.00 bits per heavy atom. The van der Waals surface area contributed by atoms with E-state index in [1.165, 1.54) is 5.56 Å². The summed E-state index contributed by atoms with van der Waals surface area (Å²) in [5.74, 6) is 1.33. The standard InChI is InChI=1S/C25H29N3O3/c1-5-12-30-25(29)28-24-18(3)13-21(14-19(24)4)26-15-20-8-11-23(27-16-20)31-22-9-6-17(2)7-10-22/h6-11,13-14,16,26H,5,12,15H2,1-4H3,(H,28,29). The highest BCUT2D eigenvalue weighted by atomic mass is 16.5. The van der Waals surface area contributed by atoms with E-state index in [2.05, 4.69) is 15.6 Å². The van der Waals surface area contributed by atoms with Crippen LogP contribution in [0.1, 0.15) is 35.6 Å². The minimum absolute atomic E-state index is 0.409. The number of ether oxygens (including phenoxy) is 2. The van der Waals surface area contributed by atoms with E-state index in [-0.39, 0.29) is 0 Å². The second kappa shape index (κ2) is 10.5. The maximum atomic E-state index is 11.9. The third kappa shape index (κ3) is 6.47. The molecule has 0 aliphatic rings. The zero-order valence-corrected chi connectivity index (χ0v) is 18.5. The van der Waals surface area contributed by atoms with Crippen LogP contribution < -0.4 is 15.4 Å². The number of amides is 1. The summed E-state index contributed by atoms with van der Waals surface area (Å²) in [6, 6.07) is 15.7. The van der Waals surface area contributed by atoms with Crippen LogP contribution in [0.2, 0.25) is 0 Å². The van der Waals surface area contributed by atoms with E-state index in [1.807, 2.05) is 76.2 Å². The Hall–Kier alpha value is -3.54. The SMILES string of the molecule is CCCOC(=O)Nc1c(C)cc(NCc2ccc(Oc3ccc(C)cc3)nc2)cc1C. The fourth-order valence-corrected chi connectivity index (χ4v) is 3.10. The third-order valence-electron chi connectivity index (χ3n) is 4.73. The summed E-state index contributed by atoms with van der Waals surface area (Å²) >= 11 is 0. The van der Waals surface area contributed by atoms with Crippen LogP contribution in [0.25, 0.3) is 0 Å². The van der Waals surface area contributed by atoms with Crippen molar-refractivity contribution in [3.8, 4) is 11.6 Å². The molecule has 1 amide bonds. The Morgan fingerprint density at radius 2 is 1.71 bits per heavy atom. The predicted octanol–water partition coefficient (Wildman–Crippen LogP) is 6.37.